The van der Waals surface area contributed by atoms with Gasteiger partial charge in [0.1, 0.15) is 6.10 Å². The molecule has 1 unspecified atom stereocenters. The van der Waals surface area contributed by atoms with Gasteiger partial charge in [-0.15, -0.1) is 0 Å². The van der Waals surface area contributed by atoms with Crippen molar-refractivity contribution in [1.29, 1.82) is 0 Å². The Bertz CT molecular complexity index is 107. The first-order valence-corrected chi connectivity index (χ1v) is 4.83. The van der Waals surface area contributed by atoms with Crippen molar-refractivity contribution in [2.24, 2.45) is 0 Å². The van der Waals surface area contributed by atoms with Crippen molar-refractivity contribution in [3.8, 4) is 0 Å². The Kier molecular flexibility index (Phi) is 8.33. The van der Waals surface area contributed by atoms with E-state index in [0.29, 0.717) is 6.61 Å². The third-order valence-corrected chi connectivity index (χ3v) is 1.97. The maximum Gasteiger partial charge on any atom is 0.100 e. The molecule has 4 heteroatoms. The Balaban J connectivity index is 3.23. The van der Waals surface area contributed by atoms with E-state index in [9.17, 15) is 0 Å². The minimum Gasteiger partial charge on any atom is -0.394 e. The summed E-state index contributed by atoms with van der Waals surface area (Å²) in [6.07, 6.45) is -0.739. The number of rotatable bonds is 8. The Labute approximate surface area is 80.1 Å². The number of aliphatic hydroxyl groups is 2. The first-order valence-electron chi connectivity index (χ1n) is 4.83. The zero-order valence-corrected chi connectivity index (χ0v) is 8.57. The first-order chi connectivity index (χ1) is 6.24. The summed E-state index contributed by atoms with van der Waals surface area (Å²) >= 11 is 0. The molecular weight excluding hydrogens is 170 g/mol. The maximum absolute atomic E-state index is 8.95. The van der Waals surface area contributed by atoms with Crippen LogP contribution in [0.25, 0.3) is 0 Å². The summed E-state index contributed by atoms with van der Waals surface area (Å²) in [5.41, 5.74) is 0. The minimum atomic E-state index is -0.739. The molecule has 0 aliphatic carbocycles. The summed E-state index contributed by atoms with van der Waals surface area (Å²) in [5, 5.41) is 17.4. The van der Waals surface area contributed by atoms with Gasteiger partial charge in [-0.3, -0.25) is 0 Å². The lowest BCUT2D eigenvalue weighted by Crippen LogP contribution is -2.28. The van der Waals surface area contributed by atoms with E-state index in [-0.39, 0.29) is 13.2 Å². The van der Waals surface area contributed by atoms with Crippen molar-refractivity contribution in [2.75, 3.05) is 39.5 Å². The van der Waals surface area contributed by atoms with Gasteiger partial charge in [0, 0.05) is 6.54 Å². The normalized spacial score (nSPS) is 13.6. The SMILES string of the molecule is CCN(CC)CCOCC(O)CO. The zero-order valence-electron chi connectivity index (χ0n) is 8.57. The highest BCUT2D eigenvalue weighted by Crippen LogP contribution is 1.88. The van der Waals surface area contributed by atoms with Crippen LogP contribution in [-0.4, -0.2) is 60.7 Å². The summed E-state index contributed by atoms with van der Waals surface area (Å²) in [6, 6.07) is 0. The molecule has 0 amide bonds. The molecular formula is C9H21NO3. The highest BCUT2D eigenvalue weighted by atomic mass is 16.5. The van der Waals surface area contributed by atoms with Gasteiger partial charge in [-0.1, -0.05) is 13.8 Å². The molecule has 0 rings (SSSR count). The number of hydrogen-bond donors (Lipinski definition) is 2. The van der Waals surface area contributed by atoms with Gasteiger partial charge < -0.3 is 19.8 Å². The van der Waals surface area contributed by atoms with Crippen LogP contribution in [0, 0.1) is 0 Å². The van der Waals surface area contributed by atoms with Crippen LogP contribution in [0.4, 0.5) is 0 Å². The molecule has 1 atom stereocenters. The largest absolute Gasteiger partial charge is 0.394 e. The maximum atomic E-state index is 8.95. The summed E-state index contributed by atoms with van der Waals surface area (Å²) < 4.78 is 5.17. The predicted molar refractivity (Wildman–Crippen MR) is 51.7 cm³/mol. The van der Waals surface area contributed by atoms with Crippen LogP contribution < -0.4 is 0 Å². The Hall–Kier alpha value is -0.160. The molecule has 13 heavy (non-hydrogen) atoms. The van der Waals surface area contributed by atoms with Gasteiger partial charge in [-0.2, -0.15) is 0 Å². The molecule has 0 saturated heterocycles. The van der Waals surface area contributed by atoms with Gasteiger partial charge in [0.25, 0.3) is 0 Å². The fraction of sp³-hybridized carbons (Fsp3) is 1.00. The molecule has 0 fully saturated rings. The summed E-state index contributed by atoms with van der Waals surface area (Å²) in [4.78, 5) is 2.24. The highest BCUT2D eigenvalue weighted by molar-refractivity contribution is 4.52. The van der Waals surface area contributed by atoms with Crippen LogP contribution in [0.1, 0.15) is 13.8 Å². The molecule has 0 aromatic heterocycles. The first kappa shape index (κ1) is 12.8. The van der Waals surface area contributed by atoms with E-state index >= 15 is 0 Å². The molecule has 0 radical (unpaired) electrons. The van der Waals surface area contributed by atoms with Crippen LogP contribution in [-0.2, 0) is 4.74 Å². The number of nitrogens with zero attached hydrogens (tertiary/aromatic N) is 1. The van der Waals surface area contributed by atoms with Crippen molar-refractivity contribution in [2.45, 2.75) is 20.0 Å². The topological polar surface area (TPSA) is 52.9 Å². The lowest BCUT2D eigenvalue weighted by molar-refractivity contribution is 0.000992. The van der Waals surface area contributed by atoms with E-state index in [1.165, 1.54) is 0 Å². The molecule has 0 aliphatic heterocycles. The van der Waals surface area contributed by atoms with E-state index in [0.717, 1.165) is 19.6 Å². The van der Waals surface area contributed by atoms with Crippen LogP contribution >= 0.6 is 0 Å². The van der Waals surface area contributed by atoms with Crippen molar-refractivity contribution in [3.05, 3.63) is 0 Å². The monoisotopic (exact) mass is 191 g/mol. The summed E-state index contributed by atoms with van der Waals surface area (Å²) in [5.74, 6) is 0. The van der Waals surface area contributed by atoms with Crippen molar-refractivity contribution in [1.82, 2.24) is 4.90 Å². The Morgan fingerprint density at radius 1 is 1.31 bits per heavy atom. The van der Waals surface area contributed by atoms with E-state index < -0.39 is 6.10 Å². The fourth-order valence-corrected chi connectivity index (χ4v) is 1.01. The summed E-state index contributed by atoms with van der Waals surface area (Å²) in [7, 11) is 0. The third kappa shape index (κ3) is 6.95. The van der Waals surface area contributed by atoms with E-state index in [2.05, 4.69) is 18.7 Å². The number of ether oxygens (including phenoxy) is 1. The molecule has 0 bridgehead atoms. The second kappa shape index (κ2) is 8.44. The van der Waals surface area contributed by atoms with Gasteiger partial charge in [-0.25, -0.2) is 0 Å². The highest BCUT2D eigenvalue weighted by Gasteiger charge is 2.02. The van der Waals surface area contributed by atoms with E-state index in [1.54, 1.807) is 0 Å². The molecule has 2 N–H and O–H groups in total. The standard InChI is InChI=1S/C9H21NO3/c1-3-10(4-2)5-6-13-8-9(12)7-11/h9,11-12H,3-8H2,1-2H3. The fourth-order valence-electron chi connectivity index (χ4n) is 1.01. The number of hydrogen-bond acceptors (Lipinski definition) is 4. The van der Waals surface area contributed by atoms with Gasteiger partial charge in [0.2, 0.25) is 0 Å². The third-order valence-electron chi connectivity index (χ3n) is 1.97. The molecule has 0 aliphatic rings. The second-order valence-electron chi connectivity index (χ2n) is 2.94. The molecule has 0 aromatic carbocycles. The van der Waals surface area contributed by atoms with Gasteiger partial charge in [0.15, 0.2) is 0 Å². The summed E-state index contributed by atoms with van der Waals surface area (Å²) in [6.45, 7) is 7.72. The molecule has 80 valence electrons. The predicted octanol–water partition coefficient (Wildman–Crippen LogP) is -0.302. The lowest BCUT2D eigenvalue weighted by atomic mass is 10.4. The lowest BCUT2D eigenvalue weighted by Gasteiger charge is -2.18. The van der Waals surface area contributed by atoms with Crippen LogP contribution in [0.15, 0.2) is 0 Å². The molecule has 0 saturated carbocycles. The van der Waals surface area contributed by atoms with Gasteiger partial charge in [-0.05, 0) is 13.1 Å². The van der Waals surface area contributed by atoms with Crippen molar-refractivity contribution >= 4 is 0 Å². The van der Waals surface area contributed by atoms with Crippen LogP contribution in [0.2, 0.25) is 0 Å². The zero-order chi connectivity index (χ0) is 10.1. The van der Waals surface area contributed by atoms with Crippen LogP contribution in [0.5, 0.6) is 0 Å². The Morgan fingerprint density at radius 3 is 2.38 bits per heavy atom. The van der Waals surface area contributed by atoms with E-state index in [4.69, 9.17) is 14.9 Å². The van der Waals surface area contributed by atoms with Gasteiger partial charge in [0.05, 0.1) is 19.8 Å². The molecule has 0 spiro atoms. The van der Waals surface area contributed by atoms with E-state index in [1.807, 2.05) is 0 Å². The number of likely N-dealkylation sites (N-methyl/N-ethyl adjacent to an activating group) is 1. The quantitative estimate of drug-likeness (QED) is 0.517. The van der Waals surface area contributed by atoms with Crippen molar-refractivity contribution < 1.29 is 14.9 Å². The second-order valence-corrected chi connectivity index (χ2v) is 2.94. The number of aliphatic hydroxyl groups excluding tert-OH is 2. The van der Waals surface area contributed by atoms with Gasteiger partial charge >= 0.3 is 0 Å². The molecule has 0 heterocycles. The average Bonchev–Trinajstić information content (AvgIpc) is 2.18. The average molecular weight is 191 g/mol. The minimum absolute atomic E-state index is 0.220. The van der Waals surface area contributed by atoms with Crippen LogP contribution in [0.3, 0.4) is 0 Å². The Morgan fingerprint density at radius 2 is 1.92 bits per heavy atom. The smallest absolute Gasteiger partial charge is 0.100 e. The molecule has 4 nitrogen and oxygen atoms in total. The van der Waals surface area contributed by atoms with Crippen molar-refractivity contribution in [3.63, 3.8) is 0 Å². The molecule has 0 aromatic rings.